The van der Waals surface area contributed by atoms with Crippen LogP contribution in [0.25, 0.3) is 0 Å². The molecular formula is C44H80O4. The largest absolute Gasteiger partial charge is 0.465 e. The van der Waals surface area contributed by atoms with Gasteiger partial charge in [-0.25, -0.2) is 0 Å². The highest BCUT2D eigenvalue weighted by atomic mass is 16.5. The maximum atomic E-state index is 13.7. The third kappa shape index (κ3) is 15.0. The van der Waals surface area contributed by atoms with E-state index >= 15 is 0 Å². The standard InChI is InChI=1S/C44H80O4/c1-9-11-17-33-23-25-37(35(29-33)19-15-27-43(3,4)5)31-47-41(45)39-21-13-14-22-40(39)42(46)48-32-38-26-24-34(18-12-10-2)30-36(38)20-16-28-44(6,7)8/h33-40H,9-32H2,1-8H3. The molecule has 4 nitrogen and oxygen atoms in total. The van der Waals surface area contributed by atoms with Crippen LogP contribution in [-0.4, -0.2) is 25.2 Å². The van der Waals surface area contributed by atoms with E-state index in [1.54, 1.807) is 0 Å². The summed E-state index contributed by atoms with van der Waals surface area (Å²) in [5.41, 5.74) is 0.730. The summed E-state index contributed by atoms with van der Waals surface area (Å²) in [6.45, 7) is 19.7. The SMILES string of the molecule is CCCCC1CCC(COC(=O)C2CCCCC2C(=O)OCC2CCC(CCCC)CC2CCCC(C)(C)C)C(CCCC(C)(C)C)C1. The zero-order chi connectivity index (χ0) is 35.2. The summed E-state index contributed by atoms with van der Waals surface area (Å²) in [5.74, 6) is 2.96. The van der Waals surface area contributed by atoms with E-state index in [2.05, 4.69) is 55.4 Å². The molecule has 0 heterocycles. The molecular weight excluding hydrogens is 592 g/mol. The van der Waals surface area contributed by atoms with E-state index in [1.165, 1.54) is 116 Å². The molecule has 0 radical (unpaired) electrons. The molecule has 0 aromatic heterocycles. The van der Waals surface area contributed by atoms with Gasteiger partial charge in [0.05, 0.1) is 25.0 Å². The Morgan fingerprint density at radius 2 is 0.917 bits per heavy atom. The molecule has 0 N–H and O–H groups in total. The van der Waals surface area contributed by atoms with Crippen molar-refractivity contribution < 1.29 is 19.1 Å². The Balaban J connectivity index is 1.55. The Morgan fingerprint density at radius 3 is 1.27 bits per heavy atom. The van der Waals surface area contributed by atoms with Gasteiger partial charge >= 0.3 is 11.9 Å². The van der Waals surface area contributed by atoms with Crippen molar-refractivity contribution in [3.63, 3.8) is 0 Å². The first-order valence-corrected chi connectivity index (χ1v) is 21.1. The van der Waals surface area contributed by atoms with Crippen LogP contribution in [0.1, 0.15) is 197 Å². The molecule has 3 rings (SSSR count). The lowest BCUT2D eigenvalue weighted by molar-refractivity contribution is -0.165. The van der Waals surface area contributed by atoms with Crippen LogP contribution in [0.2, 0.25) is 0 Å². The minimum atomic E-state index is -0.334. The number of esters is 2. The fourth-order valence-corrected chi connectivity index (χ4v) is 9.58. The van der Waals surface area contributed by atoms with Crippen molar-refractivity contribution in [3.05, 3.63) is 0 Å². The van der Waals surface area contributed by atoms with Gasteiger partial charge in [-0.05, 0) is 97.7 Å². The van der Waals surface area contributed by atoms with Crippen LogP contribution < -0.4 is 0 Å². The van der Waals surface area contributed by atoms with Gasteiger partial charge in [-0.3, -0.25) is 9.59 Å². The molecule has 0 bridgehead atoms. The summed E-state index contributed by atoms with van der Waals surface area (Å²) in [6, 6.07) is 0. The van der Waals surface area contributed by atoms with Crippen LogP contribution in [0.3, 0.4) is 0 Å². The van der Waals surface area contributed by atoms with Crippen LogP contribution >= 0.6 is 0 Å². The fraction of sp³-hybridized carbons (Fsp3) is 0.955. The number of carbonyl (C=O) groups is 2. The van der Waals surface area contributed by atoms with Crippen molar-refractivity contribution in [3.8, 4) is 0 Å². The number of carbonyl (C=O) groups excluding carboxylic acids is 2. The molecule has 0 spiro atoms. The van der Waals surface area contributed by atoms with Gasteiger partial charge in [-0.1, -0.05) is 145 Å². The molecule has 3 aliphatic carbocycles. The van der Waals surface area contributed by atoms with Gasteiger partial charge in [0.2, 0.25) is 0 Å². The Labute approximate surface area is 298 Å². The van der Waals surface area contributed by atoms with E-state index in [1.807, 2.05) is 0 Å². The molecule has 3 aliphatic rings. The van der Waals surface area contributed by atoms with E-state index in [-0.39, 0.29) is 23.8 Å². The van der Waals surface area contributed by atoms with Crippen LogP contribution in [-0.2, 0) is 19.1 Å². The minimum Gasteiger partial charge on any atom is -0.465 e. The summed E-state index contributed by atoms with van der Waals surface area (Å²) >= 11 is 0. The highest BCUT2D eigenvalue weighted by Gasteiger charge is 2.40. The number of hydrogen-bond acceptors (Lipinski definition) is 4. The maximum absolute atomic E-state index is 13.7. The lowest BCUT2D eigenvalue weighted by atomic mass is 9.70. The number of unbranched alkanes of at least 4 members (excludes halogenated alkanes) is 2. The topological polar surface area (TPSA) is 52.6 Å². The highest BCUT2D eigenvalue weighted by Crippen LogP contribution is 2.42. The second-order valence-corrected chi connectivity index (χ2v) is 19.3. The average molecular weight is 673 g/mol. The smallest absolute Gasteiger partial charge is 0.309 e. The van der Waals surface area contributed by atoms with Gasteiger partial charge < -0.3 is 9.47 Å². The van der Waals surface area contributed by atoms with E-state index in [9.17, 15) is 9.59 Å². The Hall–Kier alpha value is -1.06. The third-order valence-corrected chi connectivity index (χ3v) is 12.7. The minimum absolute atomic E-state index is 0.130. The number of rotatable bonds is 18. The Kier molecular flexibility index (Phi) is 17.8. The van der Waals surface area contributed by atoms with Crippen molar-refractivity contribution in [1.29, 1.82) is 0 Å². The van der Waals surface area contributed by atoms with Gasteiger partial charge in [0.1, 0.15) is 0 Å². The van der Waals surface area contributed by atoms with Crippen molar-refractivity contribution >= 4 is 11.9 Å². The monoisotopic (exact) mass is 673 g/mol. The van der Waals surface area contributed by atoms with Crippen LogP contribution in [0.15, 0.2) is 0 Å². The quantitative estimate of drug-likeness (QED) is 0.136. The van der Waals surface area contributed by atoms with Crippen molar-refractivity contribution in [2.75, 3.05) is 13.2 Å². The summed E-state index contributed by atoms with van der Waals surface area (Å²) in [5, 5.41) is 0. The maximum Gasteiger partial charge on any atom is 0.309 e. The van der Waals surface area contributed by atoms with Crippen LogP contribution in [0.4, 0.5) is 0 Å². The van der Waals surface area contributed by atoms with Crippen LogP contribution in [0, 0.1) is 58.2 Å². The summed E-state index contributed by atoms with van der Waals surface area (Å²) < 4.78 is 12.4. The van der Waals surface area contributed by atoms with E-state index in [4.69, 9.17) is 9.47 Å². The van der Waals surface area contributed by atoms with E-state index in [0.29, 0.717) is 47.7 Å². The highest BCUT2D eigenvalue weighted by molar-refractivity contribution is 5.82. The lowest BCUT2D eigenvalue weighted by Crippen LogP contribution is -2.38. The summed E-state index contributed by atoms with van der Waals surface area (Å²) in [6.07, 6.45) is 26.4. The third-order valence-electron chi connectivity index (χ3n) is 12.7. The second kappa shape index (κ2) is 20.7. The van der Waals surface area contributed by atoms with Crippen molar-refractivity contribution in [2.24, 2.45) is 58.2 Å². The molecule has 0 aliphatic heterocycles. The summed E-state index contributed by atoms with van der Waals surface area (Å²) in [7, 11) is 0. The zero-order valence-corrected chi connectivity index (χ0v) is 33.2. The van der Waals surface area contributed by atoms with Gasteiger partial charge in [0.25, 0.3) is 0 Å². The van der Waals surface area contributed by atoms with E-state index < -0.39 is 0 Å². The number of ether oxygens (including phenoxy) is 2. The van der Waals surface area contributed by atoms with Crippen molar-refractivity contribution in [1.82, 2.24) is 0 Å². The molecule has 0 amide bonds. The van der Waals surface area contributed by atoms with E-state index in [0.717, 1.165) is 37.5 Å². The first-order valence-electron chi connectivity index (χ1n) is 21.1. The molecule has 8 atom stereocenters. The molecule has 3 saturated carbocycles. The molecule has 4 heteroatoms. The normalized spacial score (nSPS) is 30.2. The molecule has 3 fully saturated rings. The van der Waals surface area contributed by atoms with Crippen LogP contribution in [0.5, 0.6) is 0 Å². The first-order chi connectivity index (χ1) is 22.8. The predicted octanol–water partition coefficient (Wildman–Crippen LogP) is 12.8. The lowest BCUT2D eigenvalue weighted by Gasteiger charge is -2.38. The van der Waals surface area contributed by atoms with Gasteiger partial charge in [-0.2, -0.15) is 0 Å². The fourth-order valence-electron chi connectivity index (χ4n) is 9.58. The predicted molar refractivity (Wildman–Crippen MR) is 202 cm³/mol. The molecule has 48 heavy (non-hydrogen) atoms. The molecule has 0 saturated heterocycles. The van der Waals surface area contributed by atoms with Gasteiger partial charge in [0, 0.05) is 0 Å². The average Bonchev–Trinajstić information content (AvgIpc) is 3.04. The molecule has 8 unspecified atom stereocenters. The molecule has 280 valence electrons. The molecule has 0 aromatic carbocycles. The number of hydrogen-bond donors (Lipinski definition) is 0. The summed E-state index contributed by atoms with van der Waals surface area (Å²) in [4.78, 5) is 27.3. The second-order valence-electron chi connectivity index (χ2n) is 19.3. The first kappa shape index (κ1) is 41.4. The molecule has 0 aromatic rings. The Bertz CT molecular complexity index is 838. The Morgan fingerprint density at radius 1 is 0.521 bits per heavy atom. The van der Waals surface area contributed by atoms with Crippen molar-refractivity contribution in [2.45, 2.75) is 197 Å². The van der Waals surface area contributed by atoms with Gasteiger partial charge in [0.15, 0.2) is 0 Å². The zero-order valence-electron chi connectivity index (χ0n) is 33.2. The van der Waals surface area contributed by atoms with Gasteiger partial charge in [-0.15, -0.1) is 0 Å².